The van der Waals surface area contributed by atoms with Crippen molar-refractivity contribution in [3.05, 3.63) is 108 Å². The molecule has 0 saturated carbocycles. The Hall–Kier alpha value is -3.19. The minimum atomic E-state index is -0.586. The lowest BCUT2D eigenvalue weighted by Crippen LogP contribution is -2.57. The number of ether oxygens (including phenoxy) is 4. The van der Waals surface area contributed by atoms with Crippen LogP contribution in [0, 0.1) is 5.92 Å². The summed E-state index contributed by atoms with van der Waals surface area (Å²) in [7, 11) is 0. The van der Waals surface area contributed by atoms with E-state index in [9.17, 15) is 4.79 Å². The van der Waals surface area contributed by atoms with E-state index in [-0.39, 0.29) is 24.2 Å². The fourth-order valence-electron chi connectivity index (χ4n) is 4.55. The predicted octanol–water partition coefficient (Wildman–Crippen LogP) is 6.24. The molecule has 38 heavy (non-hydrogen) atoms. The first kappa shape index (κ1) is 27.8. The molecule has 202 valence electrons. The molecule has 4 rings (SSSR count). The lowest BCUT2D eigenvalue weighted by atomic mass is 9.92. The van der Waals surface area contributed by atoms with E-state index in [0.717, 1.165) is 16.7 Å². The van der Waals surface area contributed by atoms with Crippen LogP contribution in [-0.4, -0.2) is 48.5 Å². The molecule has 6 nitrogen and oxygen atoms in total. The molecular formula is C32H39NO5. The molecule has 3 aromatic carbocycles. The van der Waals surface area contributed by atoms with E-state index in [1.807, 2.05) is 99.6 Å². The topological polar surface area (TPSA) is 57.2 Å². The Balaban J connectivity index is 1.52. The fraction of sp³-hybridized carbons (Fsp3) is 0.406. The summed E-state index contributed by atoms with van der Waals surface area (Å²) in [6.45, 7) is 8.29. The van der Waals surface area contributed by atoms with Crippen molar-refractivity contribution >= 4 is 6.09 Å². The minimum Gasteiger partial charge on any atom is -0.444 e. The van der Waals surface area contributed by atoms with E-state index in [1.165, 1.54) is 0 Å². The Labute approximate surface area is 226 Å². The summed E-state index contributed by atoms with van der Waals surface area (Å²) in [5, 5.41) is 0. The summed E-state index contributed by atoms with van der Waals surface area (Å²) in [6, 6.07) is 30.3. The number of nitrogens with zero attached hydrogens (tertiary/aromatic N) is 1. The van der Waals surface area contributed by atoms with Crippen molar-refractivity contribution in [1.29, 1.82) is 0 Å². The molecular weight excluding hydrogens is 478 g/mol. The van der Waals surface area contributed by atoms with Crippen molar-refractivity contribution in [3.8, 4) is 0 Å². The Kier molecular flexibility index (Phi) is 9.93. The Bertz CT molecular complexity index is 1100. The van der Waals surface area contributed by atoms with Gasteiger partial charge < -0.3 is 23.8 Å². The average Bonchev–Trinajstić information content (AvgIpc) is 2.92. The van der Waals surface area contributed by atoms with Gasteiger partial charge in [-0.3, -0.25) is 0 Å². The molecule has 0 spiro atoms. The summed E-state index contributed by atoms with van der Waals surface area (Å²) in [6.07, 6.45) is -0.945. The third kappa shape index (κ3) is 8.69. The van der Waals surface area contributed by atoms with Gasteiger partial charge in [-0.1, -0.05) is 91.0 Å². The number of rotatable bonds is 10. The summed E-state index contributed by atoms with van der Waals surface area (Å²) < 4.78 is 24.9. The van der Waals surface area contributed by atoms with Gasteiger partial charge in [0.2, 0.25) is 0 Å². The van der Waals surface area contributed by atoms with E-state index in [4.69, 9.17) is 18.9 Å². The van der Waals surface area contributed by atoms with Gasteiger partial charge in [-0.15, -0.1) is 0 Å². The number of benzene rings is 3. The number of carbonyl (C=O) groups is 1. The highest BCUT2D eigenvalue weighted by atomic mass is 16.6. The zero-order chi connectivity index (χ0) is 26.8. The van der Waals surface area contributed by atoms with Crippen LogP contribution in [0.1, 0.15) is 37.5 Å². The Morgan fingerprint density at radius 3 is 1.76 bits per heavy atom. The van der Waals surface area contributed by atoms with E-state index >= 15 is 0 Å². The molecule has 0 aromatic heterocycles. The molecule has 0 aliphatic carbocycles. The summed E-state index contributed by atoms with van der Waals surface area (Å²) in [4.78, 5) is 14.9. The normalized spacial score (nSPS) is 19.8. The SMILES string of the molecule is CC(C)(C)OC(=O)N1C[C@H](COCc2ccccc2)[C@H](OCc2ccccc2)[C@H](OCc2ccccc2)C1. The molecule has 1 heterocycles. The molecule has 0 N–H and O–H groups in total. The summed E-state index contributed by atoms with van der Waals surface area (Å²) in [5.41, 5.74) is 2.68. The van der Waals surface area contributed by atoms with E-state index in [2.05, 4.69) is 12.1 Å². The van der Waals surface area contributed by atoms with Gasteiger partial charge in [0.05, 0.1) is 39.1 Å². The minimum absolute atomic E-state index is 0.0931. The van der Waals surface area contributed by atoms with Gasteiger partial charge in [-0.2, -0.15) is 0 Å². The Morgan fingerprint density at radius 2 is 1.24 bits per heavy atom. The highest BCUT2D eigenvalue weighted by molar-refractivity contribution is 5.68. The predicted molar refractivity (Wildman–Crippen MR) is 147 cm³/mol. The zero-order valence-corrected chi connectivity index (χ0v) is 22.6. The quantitative estimate of drug-likeness (QED) is 0.319. The molecule has 3 atom stereocenters. The van der Waals surface area contributed by atoms with Crippen LogP contribution >= 0.6 is 0 Å². The van der Waals surface area contributed by atoms with Crippen LogP contribution in [0.5, 0.6) is 0 Å². The van der Waals surface area contributed by atoms with Gasteiger partial charge in [0.1, 0.15) is 11.7 Å². The molecule has 6 heteroatoms. The van der Waals surface area contributed by atoms with Crippen LogP contribution in [0.4, 0.5) is 4.79 Å². The second-order valence-electron chi connectivity index (χ2n) is 10.7. The molecule has 0 bridgehead atoms. The van der Waals surface area contributed by atoms with Crippen molar-refractivity contribution in [2.45, 2.75) is 58.4 Å². The number of hydrogen-bond acceptors (Lipinski definition) is 5. The van der Waals surface area contributed by atoms with Crippen LogP contribution < -0.4 is 0 Å². The third-order valence-electron chi connectivity index (χ3n) is 6.37. The van der Waals surface area contributed by atoms with Gasteiger partial charge in [0.25, 0.3) is 0 Å². The maximum atomic E-state index is 13.1. The summed E-state index contributed by atoms with van der Waals surface area (Å²) in [5.74, 6) is -0.0931. The van der Waals surface area contributed by atoms with Gasteiger partial charge in [-0.25, -0.2) is 4.79 Å². The second kappa shape index (κ2) is 13.6. The van der Waals surface area contributed by atoms with Crippen LogP contribution in [0.2, 0.25) is 0 Å². The lowest BCUT2D eigenvalue weighted by molar-refractivity contribution is -0.154. The summed E-state index contributed by atoms with van der Waals surface area (Å²) >= 11 is 0. The monoisotopic (exact) mass is 517 g/mol. The van der Waals surface area contributed by atoms with Crippen molar-refractivity contribution in [2.75, 3.05) is 19.7 Å². The average molecular weight is 518 g/mol. The van der Waals surface area contributed by atoms with E-state index in [0.29, 0.717) is 39.5 Å². The smallest absolute Gasteiger partial charge is 0.410 e. The highest BCUT2D eigenvalue weighted by Crippen LogP contribution is 2.27. The van der Waals surface area contributed by atoms with Crippen molar-refractivity contribution < 1.29 is 23.7 Å². The number of hydrogen-bond donors (Lipinski definition) is 0. The maximum absolute atomic E-state index is 13.1. The van der Waals surface area contributed by atoms with E-state index < -0.39 is 5.60 Å². The highest BCUT2D eigenvalue weighted by Gasteiger charge is 2.41. The van der Waals surface area contributed by atoms with Gasteiger partial charge in [0.15, 0.2) is 0 Å². The lowest BCUT2D eigenvalue weighted by Gasteiger charge is -2.43. The molecule has 0 radical (unpaired) electrons. The zero-order valence-electron chi connectivity index (χ0n) is 22.6. The van der Waals surface area contributed by atoms with E-state index in [1.54, 1.807) is 4.90 Å². The first-order chi connectivity index (χ1) is 18.4. The van der Waals surface area contributed by atoms with Gasteiger partial charge in [-0.05, 0) is 37.5 Å². The molecule has 1 saturated heterocycles. The van der Waals surface area contributed by atoms with Crippen LogP contribution in [0.3, 0.4) is 0 Å². The number of likely N-dealkylation sites (tertiary alicyclic amines) is 1. The molecule has 1 aliphatic rings. The largest absolute Gasteiger partial charge is 0.444 e. The molecule has 0 unspecified atom stereocenters. The maximum Gasteiger partial charge on any atom is 0.410 e. The standard InChI is InChI=1S/C32H39NO5/c1-32(2,3)38-31(34)33-19-28(24-35-21-25-13-7-4-8-14-25)30(37-23-27-17-11-6-12-18-27)29(20-33)36-22-26-15-9-5-10-16-26/h4-18,28-30H,19-24H2,1-3H3/t28-,29-,30+/m1/s1. The van der Waals surface area contributed by atoms with Gasteiger partial charge >= 0.3 is 6.09 Å². The van der Waals surface area contributed by atoms with Crippen molar-refractivity contribution in [3.63, 3.8) is 0 Å². The second-order valence-corrected chi connectivity index (χ2v) is 10.7. The van der Waals surface area contributed by atoms with Crippen LogP contribution in [-0.2, 0) is 38.8 Å². The first-order valence-electron chi connectivity index (χ1n) is 13.3. The van der Waals surface area contributed by atoms with Gasteiger partial charge in [0, 0.05) is 12.5 Å². The van der Waals surface area contributed by atoms with Crippen molar-refractivity contribution in [2.24, 2.45) is 5.92 Å². The van der Waals surface area contributed by atoms with Crippen molar-refractivity contribution in [1.82, 2.24) is 4.90 Å². The fourth-order valence-corrected chi connectivity index (χ4v) is 4.55. The first-order valence-corrected chi connectivity index (χ1v) is 13.3. The number of carbonyl (C=O) groups excluding carboxylic acids is 1. The van der Waals surface area contributed by atoms with Crippen LogP contribution in [0.25, 0.3) is 0 Å². The Morgan fingerprint density at radius 1 is 0.737 bits per heavy atom. The third-order valence-corrected chi connectivity index (χ3v) is 6.37. The molecule has 3 aromatic rings. The number of amides is 1. The molecule has 1 amide bonds. The molecule has 1 fully saturated rings. The number of piperidine rings is 1. The van der Waals surface area contributed by atoms with Crippen LogP contribution in [0.15, 0.2) is 91.0 Å². The molecule has 1 aliphatic heterocycles.